The fraction of sp³-hybridized carbons (Fsp3) is 0.500. The standard InChI is InChI=1S/C10H14N2S/c11-5-8-1-2-10(12-6-8)9-3-4-13-7-9/h1-2,6,9H,3-5,7,11H2. The molecule has 0 spiro atoms. The SMILES string of the molecule is NCc1ccc(C2CCSC2)nc1. The van der Waals surface area contributed by atoms with Crippen LogP contribution in [0.4, 0.5) is 0 Å². The lowest BCUT2D eigenvalue weighted by atomic mass is 10.0. The normalized spacial score (nSPS) is 22.1. The van der Waals surface area contributed by atoms with Gasteiger partial charge in [-0.1, -0.05) is 6.07 Å². The third kappa shape index (κ3) is 2.03. The molecule has 70 valence electrons. The molecule has 13 heavy (non-hydrogen) atoms. The average Bonchev–Trinajstić information content (AvgIpc) is 2.71. The van der Waals surface area contributed by atoms with Crippen molar-refractivity contribution in [3.8, 4) is 0 Å². The Morgan fingerprint density at radius 2 is 2.46 bits per heavy atom. The summed E-state index contributed by atoms with van der Waals surface area (Å²) in [6, 6.07) is 4.21. The van der Waals surface area contributed by atoms with Crippen LogP contribution in [0.1, 0.15) is 23.6 Å². The molecule has 1 unspecified atom stereocenters. The maximum atomic E-state index is 5.51. The Kier molecular flexibility index (Phi) is 2.86. The summed E-state index contributed by atoms with van der Waals surface area (Å²) in [5, 5.41) is 0. The molecule has 0 radical (unpaired) electrons. The Morgan fingerprint density at radius 1 is 1.54 bits per heavy atom. The minimum atomic E-state index is 0.590. The highest BCUT2D eigenvalue weighted by Crippen LogP contribution is 2.30. The first-order valence-corrected chi connectivity index (χ1v) is 5.78. The first-order chi connectivity index (χ1) is 6.40. The van der Waals surface area contributed by atoms with Gasteiger partial charge < -0.3 is 5.73 Å². The molecule has 2 nitrogen and oxygen atoms in total. The average molecular weight is 194 g/mol. The highest BCUT2D eigenvalue weighted by atomic mass is 32.2. The van der Waals surface area contributed by atoms with E-state index in [1.165, 1.54) is 23.6 Å². The number of aromatic nitrogens is 1. The Bertz CT molecular complexity index is 265. The van der Waals surface area contributed by atoms with Crippen molar-refractivity contribution >= 4 is 11.8 Å². The summed E-state index contributed by atoms with van der Waals surface area (Å²) < 4.78 is 0. The Hall–Kier alpha value is -0.540. The summed E-state index contributed by atoms with van der Waals surface area (Å²) >= 11 is 2.02. The molecule has 0 amide bonds. The first-order valence-electron chi connectivity index (χ1n) is 4.63. The van der Waals surface area contributed by atoms with Crippen LogP contribution in [-0.4, -0.2) is 16.5 Å². The molecule has 3 heteroatoms. The van der Waals surface area contributed by atoms with Crippen molar-refractivity contribution in [3.63, 3.8) is 0 Å². The Morgan fingerprint density at radius 3 is 3.00 bits per heavy atom. The molecule has 1 aliphatic rings. The molecular weight excluding hydrogens is 180 g/mol. The van der Waals surface area contributed by atoms with E-state index < -0.39 is 0 Å². The summed E-state index contributed by atoms with van der Waals surface area (Å²) in [7, 11) is 0. The van der Waals surface area contributed by atoms with Crippen LogP contribution in [-0.2, 0) is 6.54 Å². The van der Waals surface area contributed by atoms with E-state index in [1.807, 2.05) is 18.0 Å². The second kappa shape index (κ2) is 4.11. The van der Waals surface area contributed by atoms with E-state index in [4.69, 9.17) is 5.73 Å². The van der Waals surface area contributed by atoms with Gasteiger partial charge in [0.05, 0.1) is 0 Å². The Labute approximate surface area is 82.9 Å². The zero-order valence-electron chi connectivity index (χ0n) is 7.57. The molecule has 1 fully saturated rings. The smallest absolute Gasteiger partial charge is 0.0443 e. The fourth-order valence-corrected chi connectivity index (χ4v) is 2.81. The lowest BCUT2D eigenvalue weighted by Crippen LogP contribution is -2.02. The van der Waals surface area contributed by atoms with Crippen molar-refractivity contribution < 1.29 is 0 Å². The van der Waals surface area contributed by atoms with Gasteiger partial charge in [0.15, 0.2) is 0 Å². The van der Waals surface area contributed by atoms with Crippen molar-refractivity contribution in [3.05, 3.63) is 29.6 Å². The van der Waals surface area contributed by atoms with Crippen molar-refractivity contribution in [2.45, 2.75) is 18.9 Å². The highest BCUT2D eigenvalue weighted by Gasteiger charge is 2.18. The monoisotopic (exact) mass is 194 g/mol. The van der Waals surface area contributed by atoms with Crippen LogP contribution >= 0.6 is 11.8 Å². The Balaban J connectivity index is 2.12. The minimum Gasteiger partial charge on any atom is -0.326 e. The van der Waals surface area contributed by atoms with Gasteiger partial charge in [-0.25, -0.2) is 0 Å². The minimum absolute atomic E-state index is 0.590. The highest BCUT2D eigenvalue weighted by molar-refractivity contribution is 7.99. The zero-order valence-corrected chi connectivity index (χ0v) is 8.39. The van der Waals surface area contributed by atoms with Gasteiger partial charge in [-0.05, 0) is 23.8 Å². The van der Waals surface area contributed by atoms with Gasteiger partial charge >= 0.3 is 0 Å². The molecule has 1 atom stereocenters. The number of pyridine rings is 1. The summed E-state index contributed by atoms with van der Waals surface area (Å²) in [6.45, 7) is 0.590. The van der Waals surface area contributed by atoms with Gasteiger partial charge in [-0.2, -0.15) is 11.8 Å². The van der Waals surface area contributed by atoms with Crippen LogP contribution < -0.4 is 5.73 Å². The van der Waals surface area contributed by atoms with E-state index in [0.717, 1.165) is 5.56 Å². The van der Waals surface area contributed by atoms with E-state index >= 15 is 0 Å². The van der Waals surface area contributed by atoms with Crippen molar-refractivity contribution in [2.24, 2.45) is 5.73 Å². The predicted molar refractivity (Wildman–Crippen MR) is 56.8 cm³/mol. The maximum Gasteiger partial charge on any atom is 0.0443 e. The molecule has 2 heterocycles. The number of hydrogen-bond donors (Lipinski definition) is 1. The van der Waals surface area contributed by atoms with E-state index in [2.05, 4.69) is 17.1 Å². The van der Waals surface area contributed by atoms with Crippen LogP contribution in [0.3, 0.4) is 0 Å². The van der Waals surface area contributed by atoms with Crippen molar-refractivity contribution in [2.75, 3.05) is 11.5 Å². The second-order valence-corrected chi connectivity index (χ2v) is 4.51. The van der Waals surface area contributed by atoms with E-state index in [9.17, 15) is 0 Å². The molecule has 0 aromatic carbocycles. The molecule has 1 saturated heterocycles. The van der Waals surface area contributed by atoms with Crippen molar-refractivity contribution in [1.82, 2.24) is 4.98 Å². The van der Waals surface area contributed by atoms with Gasteiger partial charge in [0.2, 0.25) is 0 Å². The molecule has 1 aliphatic heterocycles. The van der Waals surface area contributed by atoms with E-state index in [-0.39, 0.29) is 0 Å². The van der Waals surface area contributed by atoms with Crippen LogP contribution in [0.5, 0.6) is 0 Å². The van der Waals surface area contributed by atoms with Gasteiger partial charge in [-0.3, -0.25) is 4.98 Å². The lowest BCUT2D eigenvalue weighted by molar-refractivity contribution is 0.749. The molecule has 2 N–H and O–H groups in total. The number of hydrogen-bond acceptors (Lipinski definition) is 3. The third-order valence-electron chi connectivity index (χ3n) is 2.43. The van der Waals surface area contributed by atoms with Crippen LogP contribution in [0.2, 0.25) is 0 Å². The van der Waals surface area contributed by atoms with Crippen LogP contribution in [0.15, 0.2) is 18.3 Å². The number of nitrogens with two attached hydrogens (primary N) is 1. The molecule has 0 saturated carbocycles. The maximum absolute atomic E-state index is 5.51. The molecule has 0 bridgehead atoms. The summed E-state index contributed by atoms with van der Waals surface area (Å²) in [6.07, 6.45) is 3.18. The van der Waals surface area contributed by atoms with Gasteiger partial charge in [0, 0.05) is 30.1 Å². The summed E-state index contributed by atoms with van der Waals surface area (Å²) in [4.78, 5) is 4.44. The summed E-state index contributed by atoms with van der Waals surface area (Å²) in [5.41, 5.74) is 7.87. The molecule has 1 aromatic heterocycles. The predicted octanol–water partition coefficient (Wildman–Crippen LogP) is 1.76. The fourth-order valence-electron chi connectivity index (χ4n) is 1.57. The van der Waals surface area contributed by atoms with Crippen molar-refractivity contribution in [1.29, 1.82) is 0 Å². The molecule has 2 rings (SSSR count). The number of rotatable bonds is 2. The zero-order chi connectivity index (χ0) is 9.10. The molecular formula is C10H14N2S. The number of nitrogens with zero attached hydrogens (tertiary/aromatic N) is 1. The van der Waals surface area contributed by atoms with Gasteiger partial charge in [-0.15, -0.1) is 0 Å². The van der Waals surface area contributed by atoms with Gasteiger partial charge in [0.1, 0.15) is 0 Å². The van der Waals surface area contributed by atoms with E-state index in [1.54, 1.807) is 0 Å². The first kappa shape index (κ1) is 9.03. The largest absolute Gasteiger partial charge is 0.326 e. The molecule has 1 aromatic rings. The quantitative estimate of drug-likeness (QED) is 0.779. The van der Waals surface area contributed by atoms with Crippen LogP contribution in [0, 0.1) is 0 Å². The third-order valence-corrected chi connectivity index (χ3v) is 3.59. The summed E-state index contributed by atoms with van der Waals surface area (Å²) in [5.74, 6) is 3.19. The lowest BCUT2D eigenvalue weighted by Gasteiger charge is -2.07. The topological polar surface area (TPSA) is 38.9 Å². The van der Waals surface area contributed by atoms with E-state index in [0.29, 0.717) is 12.5 Å². The molecule has 0 aliphatic carbocycles. The van der Waals surface area contributed by atoms with Crippen LogP contribution in [0.25, 0.3) is 0 Å². The number of thioether (sulfide) groups is 1. The second-order valence-electron chi connectivity index (χ2n) is 3.36. The van der Waals surface area contributed by atoms with Gasteiger partial charge in [0.25, 0.3) is 0 Å².